The highest BCUT2D eigenvalue weighted by molar-refractivity contribution is 5.89. The minimum absolute atomic E-state index is 0.0716. The lowest BCUT2D eigenvalue weighted by Crippen LogP contribution is -2.21. The van der Waals surface area contributed by atoms with Gasteiger partial charge in [-0.25, -0.2) is 0 Å². The van der Waals surface area contributed by atoms with Gasteiger partial charge in [0.2, 0.25) is 0 Å². The fraction of sp³-hybridized carbons (Fsp3) is 0.556. The summed E-state index contributed by atoms with van der Waals surface area (Å²) in [4.78, 5) is 21.8. The quantitative estimate of drug-likeness (QED) is 0.645. The Kier molecular flexibility index (Phi) is 2.63. The summed E-state index contributed by atoms with van der Waals surface area (Å²) in [5.41, 5.74) is 0. The second-order valence-corrected chi connectivity index (χ2v) is 3.08. The molecule has 1 fully saturated rings. The predicted octanol–water partition coefficient (Wildman–Crippen LogP) is 1.24. The second-order valence-electron chi connectivity index (χ2n) is 3.08. The van der Waals surface area contributed by atoms with Gasteiger partial charge in [0.05, 0.1) is 5.92 Å². The fourth-order valence-electron chi connectivity index (χ4n) is 1.68. The highest BCUT2D eigenvalue weighted by Crippen LogP contribution is 2.31. The van der Waals surface area contributed by atoms with E-state index in [-0.39, 0.29) is 11.7 Å². The number of carboxylic acids is 1. The molecule has 0 bridgehead atoms. The summed E-state index contributed by atoms with van der Waals surface area (Å²) in [6.45, 7) is 3.51. The summed E-state index contributed by atoms with van der Waals surface area (Å²) >= 11 is 0. The van der Waals surface area contributed by atoms with Gasteiger partial charge in [0, 0.05) is 12.3 Å². The number of hydrogen-bond acceptors (Lipinski definition) is 2. The lowest BCUT2D eigenvalue weighted by atomic mass is 9.92. The Morgan fingerprint density at radius 1 is 1.75 bits per heavy atom. The molecule has 0 amide bonds. The maximum atomic E-state index is 11.2. The van der Waals surface area contributed by atoms with Crippen molar-refractivity contribution in [1.82, 2.24) is 0 Å². The first-order valence-corrected chi connectivity index (χ1v) is 4.03. The number of carbonyl (C=O) groups excluding carboxylic acids is 1. The van der Waals surface area contributed by atoms with E-state index in [2.05, 4.69) is 6.58 Å². The average molecular weight is 168 g/mol. The van der Waals surface area contributed by atoms with Crippen LogP contribution in [-0.2, 0) is 9.59 Å². The van der Waals surface area contributed by atoms with Crippen molar-refractivity contribution in [3.63, 3.8) is 0 Å². The molecule has 2 unspecified atom stereocenters. The van der Waals surface area contributed by atoms with Crippen LogP contribution in [0.5, 0.6) is 0 Å². The van der Waals surface area contributed by atoms with Crippen LogP contribution in [0.1, 0.15) is 19.3 Å². The van der Waals surface area contributed by atoms with E-state index in [9.17, 15) is 9.59 Å². The van der Waals surface area contributed by atoms with Crippen LogP contribution >= 0.6 is 0 Å². The van der Waals surface area contributed by atoms with E-state index in [1.54, 1.807) is 6.08 Å². The van der Waals surface area contributed by atoms with Gasteiger partial charge < -0.3 is 5.11 Å². The normalized spacial score (nSPS) is 28.8. The van der Waals surface area contributed by atoms with Crippen molar-refractivity contribution in [2.45, 2.75) is 19.3 Å². The van der Waals surface area contributed by atoms with E-state index in [1.165, 1.54) is 0 Å². The van der Waals surface area contributed by atoms with Gasteiger partial charge in [-0.3, -0.25) is 9.59 Å². The summed E-state index contributed by atoms with van der Waals surface area (Å²) in [5.74, 6) is -1.58. The maximum absolute atomic E-state index is 11.2. The summed E-state index contributed by atoms with van der Waals surface area (Å²) in [7, 11) is 0. The molecule has 0 aromatic rings. The zero-order valence-corrected chi connectivity index (χ0v) is 6.82. The van der Waals surface area contributed by atoms with Gasteiger partial charge in [0.15, 0.2) is 0 Å². The Bertz CT molecular complexity index is 220. The molecule has 12 heavy (non-hydrogen) atoms. The zero-order valence-electron chi connectivity index (χ0n) is 6.82. The van der Waals surface area contributed by atoms with Gasteiger partial charge in [-0.1, -0.05) is 6.08 Å². The molecule has 0 spiro atoms. The van der Waals surface area contributed by atoms with E-state index in [0.29, 0.717) is 19.3 Å². The molecule has 3 heteroatoms. The molecule has 1 aliphatic carbocycles. The Balaban J connectivity index is 2.69. The van der Waals surface area contributed by atoms with Crippen molar-refractivity contribution in [3.8, 4) is 0 Å². The number of Topliss-reactive ketones (excluding diaryl/α,β-unsaturated/α-hetero) is 1. The SMILES string of the molecule is C=CCC1C(=O)CCC1C(=O)O. The summed E-state index contributed by atoms with van der Waals surface area (Å²) < 4.78 is 0. The second kappa shape index (κ2) is 3.52. The smallest absolute Gasteiger partial charge is 0.307 e. The van der Waals surface area contributed by atoms with E-state index < -0.39 is 11.9 Å². The van der Waals surface area contributed by atoms with Crippen molar-refractivity contribution >= 4 is 11.8 Å². The number of carboxylic acid groups (broad SMARTS) is 1. The zero-order chi connectivity index (χ0) is 9.14. The van der Waals surface area contributed by atoms with Crippen LogP contribution < -0.4 is 0 Å². The number of aliphatic carboxylic acids is 1. The molecule has 0 saturated heterocycles. The molecule has 0 aromatic heterocycles. The third-order valence-electron chi connectivity index (χ3n) is 2.34. The first-order valence-electron chi connectivity index (χ1n) is 4.03. The van der Waals surface area contributed by atoms with Gasteiger partial charge in [-0.2, -0.15) is 0 Å². The molecule has 1 saturated carbocycles. The molecule has 1 N–H and O–H groups in total. The minimum Gasteiger partial charge on any atom is -0.481 e. The predicted molar refractivity (Wildman–Crippen MR) is 43.7 cm³/mol. The molecule has 3 nitrogen and oxygen atoms in total. The molecule has 0 radical (unpaired) electrons. The summed E-state index contributed by atoms with van der Waals surface area (Å²) in [6, 6.07) is 0. The topological polar surface area (TPSA) is 54.4 Å². The molecule has 1 aliphatic rings. The lowest BCUT2D eigenvalue weighted by molar-refractivity contribution is -0.144. The Hall–Kier alpha value is -1.12. The van der Waals surface area contributed by atoms with Crippen molar-refractivity contribution in [3.05, 3.63) is 12.7 Å². The Morgan fingerprint density at radius 2 is 2.42 bits per heavy atom. The third kappa shape index (κ3) is 1.55. The van der Waals surface area contributed by atoms with Gasteiger partial charge in [-0.05, 0) is 12.8 Å². The standard InChI is InChI=1S/C9H12O3/c1-2-3-6-7(9(11)12)4-5-8(6)10/h2,6-7H,1,3-5H2,(H,11,12). The largest absolute Gasteiger partial charge is 0.481 e. The minimum atomic E-state index is -0.854. The van der Waals surface area contributed by atoms with Crippen LogP contribution in [0.25, 0.3) is 0 Å². The van der Waals surface area contributed by atoms with Crippen molar-refractivity contribution in [1.29, 1.82) is 0 Å². The molecule has 66 valence electrons. The average Bonchev–Trinajstić information content (AvgIpc) is 2.34. The Labute approximate surface area is 71.1 Å². The van der Waals surface area contributed by atoms with Crippen LogP contribution in [0.15, 0.2) is 12.7 Å². The van der Waals surface area contributed by atoms with Crippen molar-refractivity contribution in [2.75, 3.05) is 0 Å². The molecule has 2 atom stereocenters. The lowest BCUT2D eigenvalue weighted by Gasteiger charge is -2.10. The number of carbonyl (C=O) groups is 2. The third-order valence-corrected chi connectivity index (χ3v) is 2.34. The highest BCUT2D eigenvalue weighted by Gasteiger charge is 2.38. The summed E-state index contributed by atoms with van der Waals surface area (Å²) in [5, 5.41) is 8.74. The Morgan fingerprint density at radius 3 is 2.92 bits per heavy atom. The van der Waals surface area contributed by atoms with Crippen molar-refractivity contribution < 1.29 is 14.7 Å². The monoisotopic (exact) mass is 168 g/mol. The van der Waals surface area contributed by atoms with Crippen LogP contribution in [0, 0.1) is 11.8 Å². The van der Waals surface area contributed by atoms with Crippen LogP contribution in [0.4, 0.5) is 0 Å². The van der Waals surface area contributed by atoms with E-state index in [0.717, 1.165) is 0 Å². The fourth-order valence-corrected chi connectivity index (χ4v) is 1.68. The van der Waals surface area contributed by atoms with Crippen molar-refractivity contribution in [2.24, 2.45) is 11.8 Å². The first kappa shape index (κ1) is 8.97. The molecular weight excluding hydrogens is 156 g/mol. The van der Waals surface area contributed by atoms with E-state index in [4.69, 9.17) is 5.11 Å². The van der Waals surface area contributed by atoms with Crippen LogP contribution in [0.2, 0.25) is 0 Å². The van der Waals surface area contributed by atoms with Gasteiger partial charge in [0.25, 0.3) is 0 Å². The molecule has 0 aromatic carbocycles. The number of ketones is 1. The molecule has 0 aliphatic heterocycles. The number of rotatable bonds is 3. The van der Waals surface area contributed by atoms with Crippen LogP contribution in [0.3, 0.4) is 0 Å². The van der Waals surface area contributed by atoms with Gasteiger partial charge >= 0.3 is 5.97 Å². The highest BCUT2D eigenvalue weighted by atomic mass is 16.4. The number of allylic oxidation sites excluding steroid dienone is 1. The van der Waals surface area contributed by atoms with E-state index in [1.807, 2.05) is 0 Å². The molecular formula is C9H12O3. The maximum Gasteiger partial charge on any atom is 0.307 e. The van der Waals surface area contributed by atoms with Gasteiger partial charge in [-0.15, -0.1) is 6.58 Å². The first-order chi connectivity index (χ1) is 5.66. The van der Waals surface area contributed by atoms with E-state index >= 15 is 0 Å². The van der Waals surface area contributed by atoms with Gasteiger partial charge in [0.1, 0.15) is 5.78 Å². The number of hydrogen-bond donors (Lipinski definition) is 1. The molecule has 0 heterocycles. The molecule has 1 rings (SSSR count). The summed E-state index contributed by atoms with van der Waals surface area (Å²) in [6.07, 6.45) is 3.02. The van der Waals surface area contributed by atoms with Crippen LogP contribution in [-0.4, -0.2) is 16.9 Å².